The zero-order valence-electron chi connectivity index (χ0n) is 10.5. The SMILES string of the molecule is Nc1cc(Cl)c(NCCC2CCCO2)c(C(=O)O)c1. The van der Waals surface area contributed by atoms with E-state index in [1.165, 1.54) is 6.07 Å². The number of rotatable bonds is 5. The lowest BCUT2D eigenvalue weighted by Gasteiger charge is -2.14. The molecule has 0 aromatic heterocycles. The predicted molar refractivity (Wildman–Crippen MR) is 74.9 cm³/mol. The van der Waals surface area contributed by atoms with Crippen LogP contribution in [0, 0.1) is 0 Å². The van der Waals surface area contributed by atoms with Gasteiger partial charge in [-0.05, 0) is 31.4 Å². The normalized spacial score (nSPS) is 18.5. The number of ether oxygens (including phenoxy) is 1. The molecule has 2 rings (SSSR count). The number of nitrogen functional groups attached to an aromatic ring is 1. The Kier molecular flexibility index (Phi) is 4.50. The van der Waals surface area contributed by atoms with Crippen LogP contribution < -0.4 is 11.1 Å². The number of benzene rings is 1. The first-order valence-corrected chi connectivity index (χ1v) is 6.63. The Balaban J connectivity index is 2.03. The van der Waals surface area contributed by atoms with Gasteiger partial charge in [0.2, 0.25) is 0 Å². The average molecular weight is 285 g/mol. The molecule has 6 heteroatoms. The number of hydrogen-bond acceptors (Lipinski definition) is 4. The second-order valence-corrected chi connectivity index (χ2v) is 4.99. The minimum absolute atomic E-state index is 0.0948. The average Bonchev–Trinajstić information content (AvgIpc) is 2.84. The summed E-state index contributed by atoms with van der Waals surface area (Å²) in [6.07, 6.45) is 3.24. The van der Waals surface area contributed by atoms with E-state index in [2.05, 4.69) is 5.32 Å². The minimum Gasteiger partial charge on any atom is -0.478 e. The van der Waals surface area contributed by atoms with Crippen molar-refractivity contribution < 1.29 is 14.6 Å². The van der Waals surface area contributed by atoms with Gasteiger partial charge in [0.05, 0.1) is 22.4 Å². The molecule has 0 spiro atoms. The van der Waals surface area contributed by atoms with Crippen LogP contribution in [-0.4, -0.2) is 30.3 Å². The highest BCUT2D eigenvalue weighted by atomic mass is 35.5. The highest BCUT2D eigenvalue weighted by molar-refractivity contribution is 6.34. The number of carboxylic acids is 1. The van der Waals surface area contributed by atoms with Crippen LogP contribution in [0.5, 0.6) is 0 Å². The second-order valence-electron chi connectivity index (χ2n) is 4.58. The number of carboxylic acid groups (broad SMARTS) is 1. The summed E-state index contributed by atoms with van der Waals surface area (Å²) in [4.78, 5) is 11.2. The molecule has 1 unspecified atom stereocenters. The molecule has 0 aliphatic carbocycles. The van der Waals surface area contributed by atoms with E-state index in [-0.39, 0.29) is 11.7 Å². The van der Waals surface area contributed by atoms with Crippen LogP contribution in [0.4, 0.5) is 11.4 Å². The molecule has 1 atom stereocenters. The lowest BCUT2D eigenvalue weighted by atomic mass is 10.1. The number of nitrogens with two attached hydrogens (primary N) is 1. The highest BCUT2D eigenvalue weighted by Crippen LogP contribution is 2.29. The summed E-state index contributed by atoms with van der Waals surface area (Å²) in [7, 11) is 0. The van der Waals surface area contributed by atoms with Crippen LogP contribution in [0.1, 0.15) is 29.6 Å². The van der Waals surface area contributed by atoms with Crippen LogP contribution in [0.25, 0.3) is 0 Å². The fourth-order valence-corrected chi connectivity index (χ4v) is 2.50. The van der Waals surface area contributed by atoms with E-state index in [1.54, 1.807) is 6.07 Å². The third-order valence-corrected chi connectivity index (χ3v) is 3.43. The fraction of sp³-hybridized carbons (Fsp3) is 0.462. The van der Waals surface area contributed by atoms with Gasteiger partial charge >= 0.3 is 5.97 Å². The van der Waals surface area contributed by atoms with Gasteiger partial charge in [-0.25, -0.2) is 4.79 Å². The van der Waals surface area contributed by atoms with Crippen molar-refractivity contribution in [3.63, 3.8) is 0 Å². The molecule has 104 valence electrons. The third-order valence-electron chi connectivity index (χ3n) is 3.14. The molecule has 0 bridgehead atoms. The summed E-state index contributed by atoms with van der Waals surface area (Å²) in [6.45, 7) is 1.43. The Labute approximate surface area is 116 Å². The van der Waals surface area contributed by atoms with Crippen LogP contribution in [0.15, 0.2) is 12.1 Å². The first-order valence-electron chi connectivity index (χ1n) is 6.25. The molecule has 5 nitrogen and oxygen atoms in total. The van der Waals surface area contributed by atoms with Crippen molar-refractivity contribution in [1.29, 1.82) is 0 Å². The number of halogens is 1. The maximum atomic E-state index is 11.2. The predicted octanol–water partition coefficient (Wildman–Crippen LogP) is 2.60. The van der Waals surface area contributed by atoms with Crippen LogP contribution >= 0.6 is 11.6 Å². The Bertz CT molecular complexity index is 473. The van der Waals surface area contributed by atoms with E-state index in [4.69, 9.17) is 27.2 Å². The maximum Gasteiger partial charge on any atom is 0.337 e. The van der Waals surface area contributed by atoms with E-state index < -0.39 is 5.97 Å². The molecular weight excluding hydrogens is 268 g/mol. The quantitative estimate of drug-likeness (QED) is 0.724. The van der Waals surface area contributed by atoms with Crippen molar-refractivity contribution in [2.45, 2.75) is 25.4 Å². The Morgan fingerprint density at radius 1 is 1.58 bits per heavy atom. The summed E-state index contributed by atoms with van der Waals surface area (Å²) in [5, 5.41) is 12.5. The minimum atomic E-state index is -1.05. The molecule has 1 fully saturated rings. The first kappa shape index (κ1) is 14.0. The van der Waals surface area contributed by atoms with E-state index in [1.807, 2.05) is 0 Å². The smallest absolute Gasteiger partial charge is 0.337 e. The monoisotopic (exact) mass is 284 g/mol. The topological polar surface area (TPSA) is 84.6 Å². The van der Waals surface area contributed by atoms with Crippen LogP contribution in [-0.2, 0) is 4.74 Å². The van der Waals surface area contributed by atoms with E-state index in [0.717, 1.165) is 25.9 Å². The largest absolute Gasteiger partial charge is 0.478 e. The van der Waals surface area contributed by atoms with Gasteiger partial charge < -0.3 is 20.9 Å². The van der Waals surface area contributed by atoms with Gasteiger partial charge in [-0.15, -0.1) is 0 Å². The Morgan fingerprint density at radius 3 is 3.00 bits per heavy atom. The van der Waals surface area contributed by atoms with Crippen molar-refractivity contribution in [3.05, 3.63) is 22.7 Å². The molecule has 1 saturated heterocycles. The highest BCUT2D eigenvalue weighted by Gasteiger charge is 2.17. The molecule has 1 aliphatic rings. The summed E-state index contributed by atoms with van der Waals surface area (Å²) >= 11 is 6.04. The molecule has 0 amide bonds. The standard InChI is InChI=1S/C13H17ClN2O3/c14-11-7-8(15)6-10(13(17)18)12(11)16-4-3-9-2-1-5-19-9/h6-7,9,16H,1-5,15H2,(H,17,18). The first-order chi connectivity index (χ1) is 9.08. The summed E-state index contributed by atoms with van der Waals surface area (Å²) in [5.74, 6) is -1.05. The molecule has 1 heterocycles. The van der Waals surface area contributed by atoms with Crippen molar-refractivity contribution in [2.24, 2.45) is 0 Å². The van der Waals surface area contributed by atoms with Crippen molar-refractivity contribution in [2.75, 3.05) is 24.2 Å². The summed E-state index contributed by atoms with van der Waals surface area (Å²) in [6, 6.07) is 2.95. The number of carbonyl (C=O) groups is 1. The van der Waals surface area contributed by atoms with E-state index in [0.29, 0.717) is 22.9 Å². The lowest BCUT2D eigenvalue weighted by Crippen LogP contribution is -2.14. The van der Waals surface area contributed by atoms with E-state index in [9.17, 15) is 4.79 Å². The molecule has 0 saturated carbocycles. The third kappa shape index (κ3) is 3.52. The Hall–Kier alpha value is -1.46. The maximum absolute atomic E-state index is 11.2. The van der Waals surface area contributed by atoms with Crippen molar-refractivity contribution >= 4 is 28.9 Å². The van der Waals surface area contributed by atoms with Gasteiger partial charge in [-0.1, -0.05) is 11.6 Å². The fourth-order valence-electron chi connectivity index (χ4n) is 2.21. The molecule has 0 radical (unpaired) electrons. The van der Waals surface area contributed by atoms with Gasteiger partial charge in [-0.2, -0.15) is 0 Å². The van der Waals surface area contributed by atoms with Crippen LogP contribution in [0.3, 0.4) is 0 Å². The number of aromatic carboxylic acids is 1. The number of nitrogens with one attached hydrogen (secondary N) is 1. The van der Waals surface area contributed by atoms with Crippen LogP contribution in [0.2, 0.25) is 5.02 Å². The lowest BCUT2D eigenvalue weighted by molar-refractivity contribution is 0.0698. The van der Waals surface area contributed by atoms with Gasteiger partial charge in [0.25, 0.3) is 0 Å². The molecule has 1 aromatic rings. The summed E-state index contributed by atoms with van der Waals surface area (Å²) in [5.41, 5.74) is 6.45. The molecular formula is C13H17ClN2O3. The van der Waals surface area contributed by atoms with E-state index >= 15 is 0 Å². The molecule has 1 aliphatic heterocycles. The molecule has 4 N–H and O–H groups in total. The zero-order valence-corrected chi connectivity index (χ0v) is 11.2. The molecule has 19 heavy (non-hydrogen) atoms. The second kappa shape index (κ2) is 6.12. The molecule has 1 aromatic carbocycles. The van der Waals surface area contributed by atoms with Gasteiger partial charge in [-0.3, -0.25) is 0 Å². The Morgan fingerprint density at radius 2 is 2.37 bits per heavy atom. The number of hydrogen-bond donors (Lipinski definition) is 3. The van der Waals surface area contributed by atoms with Crippen molar-refractivity contribution in [3.8, 4) is 0 Å². The van der Waals surface area contributed by atoms with Crippen molar-refractivity contribution in [1.82, 2.24) is 0 Å². The van der Waals surface area contributed by atoms with Gasteiger partial charge in [0.1, 0.15) is 0 Å². The summed E-state index contributed by atoms with van der Waals surface area (Å²) < 4.78 is 5.51. The van der Waals surface area contributed by atoms with Gasteiger partial charge in [0.15, 0.2) is 0 Å². The van der Waals surface area contributed by atoms with Gasteiger partial charge in [0, 0.05) is 18.8 Å². The zero-order chi connectivity index (χ0) is 13.8. The number of anilines is 2.